The number of carbonyl (C=O) groups is 1. The Labute approximate surface area is 112 Å². The van der Waals surface area contributed by atoms with Crippen LogP contribution in [0.1, 0.15) is 10.4 Å². The zero-order valence-corrected chi connectivity index (χ0v) is 11.0. The summed E-state index contributed by atoms with van der Waals surface area (Å²) in [5.41, 5.74) is -0.358. The fourth-order valence-electron chi connectivity index (χ4n) is 1.32. The summed E-state index contributed by atoms with van der Waals surface area (Å²) in [6.07, 6.45) is -4.58. The average Bonchev–Trinajstić information content (AvgIpc) is 2.33. The summed E-state index contributed by atoms with van der Waals surface area (Å²) in [6.45, 7) is -1.55. The number of hydrogen-bond acceptors (Lipinski definition) is 4. The molecule has 10 heteroatoms. The first kappa shape index (κ1) is 16.2. The van der Waals surface area contributed by atoms with Gasteiger partial charge < -0.3 is 10.1 Å². The standard InChI is InChI=1S/C10H11F3N2O4S/c1-19-8-3-2-6(20(14,17)18)4-7(8)9(16)15-5-10(11,12)13/h2-4H,5H2,1H3,(H,15,16)(H2,14,17,18). The van der Waals surface area contributed by atoms with Crippen molar-refractivity contribution in [1.29, 1.82) is 0 Å². The highest BCUT2D eigenvalue weighted by molar-refractivity contribution is 7.89. The van der Waals surface area contributed by atoms with Gasteiger partial charge in [0.05, 0.1) is 17.6 Å². The Morgan fingerprint density at radius 1 is 1.40 bits per heavy atom. The van der Waals surface area contributed by atoms with Crippen molar-refractivity contribution in [3.05, 3.63) is 23.8 Å². The number of nitrogens with two attached hydrogens (primary N) is 1. The van der Waals surface area contributed by atoms with Crippen molar-refractivity contribution in [3.8, 4) is 5.75 Å². The minimum Gasteiger partial charge on any atom is -0.496 e. The van der Waals surface area contributed by atoms with Gasteiger partial charge in [0.2, 0.25) is 10.0 Å². The van der Waals surface area contributed by atoms with Gasteiger partial charge in [-0.25, -0.2) is 13.6 Å². The van der Waals surface area contributed by atoms with E-state index >= 15 is 0 Å². The van der Waals surface area contributed by atoms with Crippen molar-refractivity contribution in [3.63, 3.8) is 0 Å². The summed E-state index contributed by atoms with van der Waals surface area (Å²) in [5.74, 6) is -1.19. The van der Waals surface area contributed by atoms with E-state index in [4.69, 9.17) is 9.88 Å². The van der Waals surface area contributed by atoms with E-state index < -0.39 is 33.5 Å². The summed E-state index contributed by atoms with van der Waals surface area (Å²) in [5, 5.41) is 6.49. The second-order valence-corrected chi connectivity index (χ2v) is 5.27. The molecule has 0 aliphatic heterocycles. The van der Waals surface area contributed by atoms with Crippen LogP contribution in [-0.2, 0) is 10.0 Å². The third-order valence-corrected chi connectivity index (χ3v) is 3.10. The fraction of sp³-hybridized carbons (Fsp3) is 0.300. The molecular weight excluding hydrogens is 301 g/mol. The van der Waals surface area contributed by atoms with Gasteiger partial charge in [-0.2, -0.15) is 13.2 Å². The lowest BCUT2D eigenvalue weighted by atomic mass is 10.2. The van der Waals surface area contributed by atoms with Gasteiger partial charge in [0.25, 0.3) is 5.91 Å². The third-order valence-electron chi connectivity index (χ3n) is 2.19. The number of sulfonamides is 1. The van der Waals surface area contributed by atoms with E-state index in [1.165, 1.54) is 7.11 Å². The maximum atomic E-state index is 12.0. The van der Waals surface area contributed by atoms with Crippen LogP contribution in [0.5, 0.6) is 5.75 Å². The largest absolute Gasteiger partial charge is 0.496 e. The predicted molar refractivity (Wildman–Crippen MR) is 62.8 cm³/mol. The van der Waals surface area contributed by atoms with E-state index in [1.807, 2.05) is 0 Å². The van der Waals surface area contributed by atoms with Crippen LogP contribution < -0.4 is 15.2 Å². The van der Waals surface area contributed by atoms with Crippen LogP contribution >= 0.6 is 0 Å². The molecule has 0 aliphatic carbocycles. The van der Waals surface area contributed by atoms with Crippen LogP contribution in [0.2, 0.25) is 0 Å². The van der Waals surface area contributed by atoms with Crippen LogP contribution in [0.4, 0.5) is 13.2 Å². The summed E-state index contributed by atoms with van der Waals surface area (Å²) >= 11 is 0. The Bertz CT molecular complexity index is 613. The van der Waals surface area contributed by atoms with Crippen LogP contribution in [0.3, 0.4) is 0 Å². The number of hydrogen-bond donors (Lipinski definition) is 2. The van der Waals surface area contributed by atoms with Gasteiger partial charge in [-0.15, -0.1) is 0 Å². The summed E-state index contributed by atoms with van der Waals surface area (Å²) < 4.78 is 63.2. The van der Waals surface area contributed by atoms with Crippen LogP contribution in [0.15, 0.2) is 23.1 Å². The molecule has 6 nitrogen and oxygen atoms in total. The van der Waals surface area contributed by atoms with Crippen LogP contribution in [0.25, 0.3) is 0 Å². The van der Waals surface area contributed by atoms with E-state index in [0.29, 0.717) is 0 Å². The molecule has 0 unspecified atom stereocenters. The number of primary sulfonamides is 1. The maximum absolute atomic E-state index is 12.0. The normalized spacial score (nSPS) is 12.1. The number of amides is 1. The Balaban J connectivity index is 3.11. The number of nitrogens with one attached hydrogen (secondary N) is 1. The molecule has 112 valence electrons. The molecule has 1 rings (SSSR count). The van der Waals surface area contributed by atoms with Crippen molar-refractivity contribution in [2.24, 2.45) is 5.14 Å². The van der Waals surface area contributed by atoms with Crippen molar-refractivity contribution in [2.45, 2.75) is 11.1 Å². The lowest BCUT2D eigenvalue weighted by Crippen LogP contribution is -2.34. The Hall–Kier alpha value is -1.81. The van der Waals surface area contributed by atoms with Crippen molar-refractivity contribution >= 4 is 15.9 Å². The average molecular weight is 312 g/mol. The smallest absolute Gasteiger partial charge is 0.405 e. The summed E-state index contributed by atoms with van der Waals surface area (Å²) in [7, 11) is -2.90. The fourth-order valence-corrected chi connectivity index (χ4v) is 1.86. The van der Waals surface area contributed by atoms with Gasteiger partial charge in [0.15, 0.2) is 0 Å². The Kier molecular flexibility index (Phi) is 4.61. The Morgan fingerprint density at radius 3 is 2.45 bits per heavy atom. The first-order valence-electron chi connectivity index (χ1n) is 5.10. The number of halogens is 3. The van der Waals surface area contributed by atoms with E-state index in [1.54, 1.807) is 5.32 Å². The van der Waals surface area contributed by atoms with Gasteiger partial charge in [-0.05, 0) is 18.2 Å². The maximum Gasteiger partial charge on any atom is 0.405 e. The van der Waals surface area contributed by atoms with Crippen LogP contribution in [-0.4, -0.2) is 34.2 Å². The molecule has 3 N–H and O–H groups in total. The highest BCUT2D eigenvalue weighted by Gasteiger charge is 2.28. The summed E-state index contributed by atoms with van der Waals surface area (Å²) in [6, 6.07) is 3.05. The molecule has 0 fully saturated rings. The third kappa shape index (κ3) is 4.38. The number of carbonyl (C=O) groups excluding carboxylic acids is 1. The van der Waals surface area contributed by atoms with E-state index in [0.717, 1.165) is 18.2 Å². The monoisotopic (exact) mass is 312 g/mol. The Morgan fingerprint density at radius 2 is 2.00 bits per heavy atom. The topological polar surface area (TPSA) is 98.5 Å². The highest BCUT2D eigenvalue weighted by Crippen LogP contribution is 2.22. The zero-order valence-electron chi connectivity index (χ0n) is 10.2. The quantitative estimate of drug-likeness (QED) is 0.852. The number of ether oxygens (including phenoxy) is 1. The number of methoxy groups -OCH3 is 1. The molecular formula is C10H11F3N2O4S. The van der Waals surface area contributed by atoms with Gasteiger partial charge in [-0.1, -0.05) is 0 Å². The molecule has 1 aromatic carbocycles. The molecule has 1 aromatic rings. The van der Waals surface area contributed by atoms with Crippen LogP contribution in [0, 0.1) is 0 Å². The van der Waals surface area contributed by atoms with Crippen molar-refractivity contribution in [2.75, 3.05) is 13.7 Å². The second-order valence-electron chi connectivity index (χ2n) is 3.70. The number of alkyl halides is 3. The molecule has 1 amide bonds. The van der Waals surface area contributed by atoms with Crippen molar-refractivity contribution < 1.29 is 31.1 Å². The molecule has 0 aromatic heterocycles. The van der Waals surface area contributed by atoms with E-state index in [2.05, 4.69) is 0 Å². The number of rotatable bonds is 4. The van der Waals surface area contributed by atoms with Crippen molar-refractivity contribution in [1.82, 2.24) is 5.32 Å². The SMILES string of the molecule is COc1ccc(S(N)(=O)=O)cc1C(=O)NCC(F)(F)F. The molecule has 0 saturated carbocycles. The molecule has 0 heterocycles. The molecule has 0 saturated heterocycles. The molecule has 0 spiro atoms. The predicted octanol–water partition coefficient (Wildman–Crippen LogP) is 0.635. The molecule has 0 atom stereocenters. The first-order chi connectivity index (χ1) is 9.04. The van der Waals surface area contributed by atoms with Gasteiger partial charge in [0.1, 0.15) is 12.3 Å². The zero-order chi connectivity index (χ0) is 15.6. The highest BCUT2D eigenvalue weighted by atomic mass is 32.2. The first-order valence-corrected chi connectivity index (χ1v) is 6.65. The van der Waals surface area contributed by atoms with E-state index in [9.17, 15) is 26.4 Å². The summed E-state index contributed by atoms with van der Waals surface area (Å²) in [4.78, 5) is 11.2. The minimum atomic E-state index is -4.58. The molecule has 0 bridgehead atoms. The minimum absolute atomic E-state index is 0.0722. The lowest BCUT2D eigenvalue weighted by molar-refractivity contribution is -0.123. The molecule has 0 radical (unpaired) electrons. The van der Waals surface area contributed by atoms with Gasteiger partial charge in [0, 0.05) is 0 Å². The van der Waals surface area contributed by atoms with Gasteiger partial charge >= 0.3 is 6.18 Å². The van der Waals surface area contributed by atoms with Gasteiger partial charge in [-0.3, -0.25) is 4.79 Å². The number of benzene rings is 1. The lowest BCUT2D eigenvalue weighted by Gasteiger charge is -2.12. The van der Waals surface area contributed by atoms with E-state index in [-0.39, 0.29) is 11.3 Å². The second kappa shape index (κ2) is 5.67. The molecule has 20 heavy (non-hydrogen) atoms. The molecule has 0 aliphatic rings.